The molecule has 1 N–H and O–H groups in total. The molecule has 0 fully saturated rings. The third-order valence-corrected chi connectivity index (χ3v) is 3.79. The maximum atomic E-state index is 9.44. The molecule has 0 spiro atoms. The van der Waals surface area contributed by atoms with Crippen LogP contribution in [0, 0.1) is 0 Å². The number of hydrogen-bond acceptors (Lipinski definition) is 1. The Balaban J connectivity index is 2.14. The number of benzene rings is 1. The monoisotopic (exact) mass is 257 g/mol. The Morgan fingerprint density at radius 1 is 1.00 bits per heavy atom. The first-order valence-electron chi connectivity index (χ1n) is 7.10. The van der Waals surface area contributed by atoms with Crippen molar-refractivity contribution in [3.63, 3.8) is 0 Å². The van der Waals surface area contributed by atoms with Crippen molar-refractivity contribution in [1.82, 2.24) is 4.57 Å². The van der Waals surface area contributed by atoms with E-state index >= 15 is 0 Å². The van der Waals surface area contributed by atoms with Crippen LogP contribution in [0.3, 0.4) is 0 Å². The van der Waals surface area contributed by atoms with E-state index < -0.39 is 0 Å². The highest BCUT2D eigenvalue weighted by Crippen LogP contribution is 2.20. The number of nitrogens with zero attached hydrogens (tertiary/aromatic N) is 1. The number of hydrogen-bond donors (Lipinski definition) is 1. The molecule has 19 heavy (non-hydrogen) atoms. The molecule has 0 saturated heterocycles. The normalized spacial score (nSPS) is 12.6. The fourth-order valence-electron chi connectivity index (χ4n) is 2.54. The first kappa shape index (κ1) is 13.9. The molecule has 0 amide bonds. The summed E-state index contributed by atoms with van der Waals surface area (Å²) in [7, 11) is 0. The Morgan fingerprint density at radius 2 is 1.68 bits per heavy atom. The maximum Gasteiger partial charge on any atom is 0.0833 e. The summed E-state index contributed by atoms with van der Waals surface area (Å²) in [5.74, 6) is 0. The summed E-state index contributed by atoms with van der Waals surface area (Å²) < 4.78 is 2.29. The van der Waals surface area contributed by atoms with E-state index in [4.69, 9.17) is 0 Å². The predicted molar refractivity (Wildman–Crippen MR) is 79.2 cm³/mol. The third kappa shape index (κ3) is 3.27. The topological polar surface area (TPSA) is 25.2 Å². The van der Waals surface area contributed by atoms with Gasteiger partial charge in [0, 0.05) is 17.4 Å². The Labute approximate surface area is 115 Å². The molecule has 0 aliphatic carbocycles. The molecular formula is C17H23NO. The standard InChI is InChI=1S/C17H23NO/c1-3-14(2)18-16(11-12-17(18)13-19)10-9-15-7-5-4-6-8-15/h4-8,11-12,14,19H,3,9-10,13H2,1-2H3/t14-/m1/s1. The number of aryl methyl sites for hydroxylation is 2. The molecule has 0 unspecified atom stereocenters. The van der Waals surface area contributed by atoms with E-state index in [1.807, 2.05) is 6.07 Å². The van der Waals surface area contributed by atoms with E-state index in [9.17, 15) is 5.11 Å². The zero-order valence-electron chi connectivity index (χ0n) is 11.8. The van der Waals surface area contributed by atoms with Crippen molar-refractivity contribution in [1.29, 1.82) is 0 Å². The summed E-state index contributed by atoms with van der Waals surface area (Å²) in [6.45, 7) is 4.52. The molecule has 0 radical (unpaired) electrons. The zero-order valence-corrected chi connectivity index (χ0v) is 11.8. The second-order valence-electron chi connectivity index (χ2n) is 5.09. The second kappa shape index (κ2) is 6.58. The molecule has 2 nitrogen and oxygen atoms in total. The summed E-state index contributed by atoms with van der Waals surface area (Å²) in [6, 6.07) is 15.2. The predicted octanol–water partition coefficient (Wildman–Crippen LogP) is 3.74. The largest absolute Gasteiger partial charge is 0.390 e. The van der Waals surface area contributed by atoms with Crippen LogP contribution in [-0.4, -0.2) is 9.67 Å². The molecule has 1 aromatic carbocycles. The van der Waals surface area contributed by atoms with Crippen LogP contribution in [0.25, 0.3) is 0 Å². The van der Waals surface area contributed by atoms with Crippen LogP contribution in [0.5, 0.6) is 0 Å². The lowest BCUT2D eigenvalue weighted by molar-refractivity contribution is 0.265. The van der Waals surface area contributed by atoms with Gasteiger partial charge in [0.2, 0.25) is 0 Å². The van der Waals surface area contributed by atoms with Gasteiger partial charge in [-0.3, -0.25) is 0 Å². The van der Waals surface area contributed by atoms with Gasteiger partial charge in [-0.1, -0.05) is 37.3 Å². The van der Waals surface area contributed by atoms with Crippen LogP contribution in [0.4, 0.5) is 0 Å². The Morgan fingerprint density at radius 3 is 2.32 bits per heavy atom. The highest BCUT2D eigenvalue weighted by molar-refractivity contribution is 5.20. The van der Waals surface area contributed by atoms with Gasteiger partial charge >= 0.3 is 0 Å². The molecule has 2 aromatic rings. The molecule has 1 heterocycles. The third-order valence-electron chi connectivity index (χ3n) is 3.79. The van der Waals surface area contributed by atoms with Gasteiger partial charge in [-0.15, -0.1) is 0 Å². The summed E-state index contributed by atoms with van der Waals surface area (Å²) in [5, 5.41) is 9.44. The lowest BCUT2D eigenvalue weighted by Gasteiger charge is -2.19. The van der Waals surface area contributed by atoms with Gasteiger partial charge in [0.1, 0.15) is 0 Å². The van der Waals surface area contributed by atoms with E-state index in [2.05, 4.69) is 54.8 Å². The van der Waals surface area contributed by atoms with Gasteiger partial charge in [0.15, 0.2) is 0 Å². The van der Waals surface area contributed by atoms with Crippen molar-refractivity contribution >= 4 is 0 Å². The molecule has 0 aliphatic rings. The van der Waals surface area contributed by atoms with Crippen LogP contribution >= 0.6 is 0 Å². The number of aromatic nitrogens is 1. The highest BCUT2D eigenvalue weighted by Gasteiger charge is 2.12. The van der Waals surface area contributed by atoms with Crippen molar-refractivity contribution in [3.05, 3.63) is 59.4 Å². The average molecular weight is 257 g/mol. The minimum atomic E-state index is 0.121. The second-order valence-corrected chi connectivity index (χ2v) is 5.09. The zero-order chi connectivity index (χ0) is 13.7. The number of aliphatic hydroxyl groups is 1. The van der Waals surface area contributed by atoms with Gasteiger partial charge in [-0.2, -0.15) is 0 Å². The number of aliphatic hydroxyl groups excluding tert-OH is 1. The fraction of sp³-hybridized carbons (Fsp3) is 0.412. The van der Waals surface area contributed by atoms with E-state index in [-0.39, 0.29) is 6.61 Å². The average Bonchev–Trinajstić information content (AvgIpc) is 2.88. The minimum Gasteiger partial charge on any atom is -0.390 e. The molecule has 102 valence electrons. The molecular weight excluding hydrogens is 234 g/mol. The van der Waals surface area contributed by atoms with Crippen LogP contribution in [0.15, 0.2) is 42.5 Å². The van der Waals surface area contributed by atoms with Crippen LogP contribution in [0.1, 0.15) is 43.3 Å². The molecule has 1 atom stereocenters. The van der Waals surface area contributed by atoms with E-state index in [1.165, 1.54) is 11.3 Å². The lowest BCUT2D eigenvalue weighted by Crippen LogP contribution is -2.12. The van der Waals surface area contributed by atoms with Crippen LogP contribution in [0.2, 0.25) is 0 Å². The fourth-order valence-corrected chi connectivity index (χ4v) is 2.54. The number of rotatable bonds is 6. The first-order valence-corrected chi connectivity index (χ1v) is 7.10. The van der Waals surface area contributed by atoms with Crippen molar-refractivity contribution in [3.8, 4) is 0 Å². The van der Waals surface area contributed by atoms with Crippen molar-refractivity contribution in [2.75, 3.05) is 0 Å². The van der Waals surface area contributed by atoms with Gasteiger partial charge in [0.05, 0.1) is 6.61 Å². The smallest absolute Gasteiger partial charge is 0.0833 e. The molecule has 0 saturated carbocycles. The quantitative estimate of drug-likeness (QED) is 0.838. The summed E-state index contributed by atoms with van der Waals surface area (Å²) in [4.78, 5) is 0. The van der Waals surface area contributed by atoms with Crippen molar-refractivity contribution in [2.24, 2.45) is 0 Å². The molecule has 0 aliphatic heterocycles. The first-order chi connectivity index (χ1) is 9.26. The van der Waals surface area contributed by atoms with Gasteiger partial charge < -0.3 is 9.67 Å². The van der Waals surface area contributed by atoms with Crippen LogP contribution in [-0.2, 0) is 19.4 Å². The van der Waals surface area contributed by atoms with Gasteiger partial charge in [0.25, 0.3) is 0 Å². The van der Waals surface area contributed by atoms with E-state index in [1.54, 1.807) is 0 Å². The molecule has 1 aromatic heterocycles. The van der Waals surface area contributed by atoms with Crippen molar-refractivity contribution < 1.29 is 5.11 Å². The maximum absolute atomic E-state index is 9.44. The minimum absolute atomic E-state index is 0.121. The molecule has 2 rings (SSSR count). The summed E-state index contributed by atoms with van der Waals surface area (Å²) >= 11 is 0. The Bertz CT molecular complexity index is 501. The molecule has 2 heteroatoms. The lowest BCUT2D eigenvalue weighted by atomic mass is 10.1. The summed E-state index contributed by atoms with van der Waals surface area (Å²) in [5.41, 5.74) is 3.71. The van der Waals surface area contributed by atoms with Gasteiger partial charge in [-0.25, -0.2) is 0 Å². The van der Waals surface area contributed by atoms with Crippen LogP contribution < -0.4 is 0 Å². The van der Waals surface area contributed by atoms with Crippen molar-refractivity contribution in [2.45, 2.75) is 45.8 Å². The van der Waals surface area contributed by atoms with Gasteiger partial charge in [-0.05, 0) is 43.9 Å². The Hall–Kier alpha value is -1.54. The summed E-state index contributed by atoms with van der Waals surface area (Å²) in [6.07, 6.45) is 3.15. The van der Waals surface area contributed by atoms with E-state index in [0.717, 1.165) is 25.0 Å². The highest BCUT2D eigenvalue weighted by atomic mass is 16.3. The SMILES string of the molecule is CC[C@@H](C)n1c(CO)ccc1CCc1ccccc1. The molecule has 0 bridgehead atoms. The Kier molecular flexibility index (Phi) is 4.80. The van der Waals surface area contributed by atoms with E-state index in [0.29, 0.717) is 6.04 Å².